The van der Waals surface area contributed by atoms with E-state index in [1.165, 1.54) is 50.7 Å². The molecule has 9 nitrogen and oxygen atoms in total. The number of nitrogens with one attached hydrogen (secondary N) is 1. The van der Waals surface area contributed by atoms with Gasteiger partial charge in [-0.05, 0) is 86.6 Å². The molecule has 0 radical (unpaired) electrons. The summed E-state index contributed by atoms with van der Waals surface area (Å²) in [5, 5.41) is 0. The van der Waals surface area contributed by atoms with Gasteiger partial charge in [0.05, 0.1) is 16.6 Å². The van der Waals surface area contributed by atoms with E-state index in [1.807, 2.05) is 43.0 Å². The number of ether oxygens (including phenoxy) is 1. The van der Waals surface area contributed by atoms with Crippen molar-refractivity contribution in [1.82, 2.24) is 19.8 Å². The summed E-state index contributed by atoms with van der Waals surface area (Å²) in [6.07, 6.45) is 8.11. The molecule has 2 aromatic carbocycles. The Bertz CT molecular complexity index is 1730. The van der Waals surface area contributed by atoms with E-state index in [0.29, 0.717) is 47.6 Å². The minimum Gasteiger partial charge on any atom is -0.471 e. The number of anilines is 1. The quantitative estimate of drug-likeness (QED) is 0.330. The summed E-state index contributed by atoms with van der Waals surface area (Å²) >= 11 is 0. The third-order valence-corrected chi connectivity index (χ3v) is 12.0. The fourth-order valence-corrected chi connectivity index (χ4v) is 9.40. The Kier molecular flexibility index (Phi) is 9.32. The highest BCUT2D eigenvalue weighted by Gasteiger charge is 2.49. The van der Waals surface area contributed by atoms with Crippen molar-refractivity contribution in [2.45, 2.75) is 95.7 Å². The monoisotopic (exact) mass is 679 g/mol. The van der Waals surface area contributed by atoms with Crippen molar-refractivity contribution in [3.05, 3.63) is 65.2 Å². The minimum atomic E-state index is -4.10. The van der Waals surface area contributed by atoms with Crippen LogP contribution in [0.2, 0.25) is 0 Å². The van der Waals surface area contributed by atoms with Crippen molar-refractivity contribution >= 4 is 34.3 Å². The van der Waals surface area contributed by atoms with Gasteiger partial charge in [-0.25, -0.2) is 18.1 Å². The Balaban J connectivity index is 0.00000386. The van der Waals surface area contributed by atoms with Crippen LogP contribution in [0.25, 0.3) is 11.3 Å². The summed E-state index contributed by atoms with van der Waals surface area (Å²) < 4.78 is 36.8. The molecule has 252 valence electrons. The first kappa shape index (κ1) is 33.7. The Hall–Kier alpha value is -3.21. The van der Waals surface area contributed by atoms with Gasteiger partial charge in [0.1, 0.15) is 6.10 Å². The molecular weight excluding hydrogens is 634 g/mol. The molecule has 2 aliphatic heterocycles. The number of hydrogen-bond acceptors (Lipinski definition) is 7. The first-order chi connectivity index (χ1) is 22.0. The van der Waals surface area contributed by atoms with Crippen molar-refractivity contribution in [1.29, 1.82) is 0 Å². The Morgan fingerprint density at radius 3 is 2.40 bits per heavy atom. The second kappa shape index (κ2) is 13.0. The van der Waals surface area contributed by atoms with Crippen LogP contribution in [0.3, 0.4) is 0 Å². The average Bonchev–Trinajstić information content (AvgIpc) is 3.42. The lowest BCUT2D eigenvalue weighted by Crippen LogP contribution is -2.53. The lowest BCUT2D eigenvalue weighted by molar-refractivity contribution is -0.0102. The van der Waals surface area contributed by atoms with Gasteiger partial charge < -0.3 is 9.64 Å². The van der Waals surface area contributed by atoms with Crippen LogP contribution in [-0.2, 0) is 10.0 Å². The van der Waals surface area contributed by atoms with Crippen molar-refractivity contribution in [3.63, 3.8) is 0 Å². The van der Waals surface area contributed by atoms with Gasteiger partial charge in [0.25, 0.3) is 15.9 Å². The van der Waals surface area contributed by atoms with E-state index in [0.717, 1.165) is 29.7 Å². The average molecular weight is 680 g/mol. The van der Waals surface area contributed by atoms with Crippen LogP contribution in [0.5, 0.6) is 5.88 Å². The van der Waals surface area contributed by atoms with Crippen molar-refractivity contribution in [3.8, 4) is 17.1 Å². The molecule has 0 unspecified atom stereocenters. The molecule has 1 N–H and O–H groups in total. The highest BCUT2D eigenvalue weighted by atomic mass is 35.5. The molecule has 3 heterocycles. The number of nitrogens with zero attached hydrogens (tertiary/aromatic N) is 4. The molecule has 4 aliphatic rings. The maximum Gasteiger partial charge on any atom is 0.264 e. The van der Waals surface area contributed by atoms with Gasteiger partial charge in [-0.2, -0.15) is 4.98 Å². The fourth-order valence-electron chi connectivity index (χ4n) is 8.41. The van der Waals surface area contributed by atoms with Crippen LogP contribution in [-0.4, -0.2) is 71.9 Å². The van der Waals surface area contributed by atoms with Crippen LogP contribution in [0.4, 0.5) is 5.95 Å². The lowest BCUT2D eigenvalue weighted by Gasteiger charge is -2.50. The summed E-state index contributed by atoms with van der Waals surface area (Å²) in [4.78, 5) is 28.2. The van der Waals surface area contributed by atoms with Gasteiger partial charge in [0.2, 0.25) is 11.8 Å². The van der Waals surface area contributed by atoms with Gasteiger partial charge in [0, 0.05) is 42.9 Å². The van der Waals surface area contributed by atoms with E-state index in [9.17, 15) is 13.2 Å². The topological polar surface area (TPSA) is 105 Å². The summed E-state index contributed by atoms with van der Waals surface area (Å²) in [7, 11) is -4.10. The number of hydrogen-bond donors (Lipinski definition) is 1. The summed E-state index contributed by atoms with van der Waals surface area (Å²) in [6, 6.07) is 14.4. The maximum atomic E-state index is 14.4. The van der Waals surface area contributed by atoms with Crippen LogP contribution >= 0.6 is 12.4 Å². The normalized spacial score (nSPS) is 23.8. The van der Waals surface area contributed by atoms with Gasteiger partial charge in [-0.3, -0.25) is 9.69 Å². The smallest absolute Gasteiger partial charge is 0.264 e. The molecule has 2 saturated carbocycles. The van der Waals surface area contributed by atoms with Crippen LogP contribution in [0.1, 0.15) is 80.3 Å². The number of halogens is 1. The van der Waals surface area contributed by atoms with Gasteiger partial charge in [0.15, 0.2) is 0 Å². The number of aryl methyl sites for hydroxylation is 2. The SMILES string of the molecule is Cc1cccc(C)c1-c1cc2nc(n1)NS(=O)(=O)c1cccc(c1)C(=O)N1CCN(C3CC4(CCCC4)C3)C[C@@H](O2)[C@H]1CC(C)C.Cl. The molecule has 2 aliphatic carbocycles. The van der Waals surface area contributed by atoms with Gasteiger partial charge in [-0.1, -0.05) is 51.0 Å². The zero-order valence-corrected chi connectivity index (χ0v) is 29.4. The molecule has 47 heavy (non-hydrogen) atoms. The number of carbonyl (C=O) groups is 1. The summed E-state index contributed by atoms with van der Waals surface area (Å²) in [5.41, 5.74) is 4.38. The predicted molar refractivity (Wildman–Crippen MR) is 186 cm³/mol. The van der Waals surface area contributed by atoms with E-state index in [2.05, 4.69) is 28.5 Å². The van der Waals surface area contributed by atoms with E-state index in [4.69, 9.17) is 9.72 Å². The molecule has 3 fully saturated rings. The van der Waals surface area contributed by atoms with E-state index in [1.54, 1.807) is 12.1 Å². The van der Waals surface area contributed by atoms with Crippen molar-refractivity contribution in [2.75, 3.05) is 24.4 Å². The van der Waals surface area contributed by atoms with Crippen molar-refractivity contribution in [2.24, 2.45) is 11.3 Å². The van der Waals surface area contributed by atoms with Crippen LogP contribution < -0.4 is 9.46 Å². The minimum absolute atomic E-state index is 0. The molecule has 3 aromatic rings. The highest BCUT2D eigenvalue weighted by molar-refractivity contribution is 7.92. The molecule has 2 atom stereocenters. The first-order valence-corrected chi connectivity index (χ1v) is 18.3. The zero-order chi connectivity index (χ0) is 32.2. The second-order valence-electron chi connectivity index (χ2n) is 14.4. The lowest BCUT2D eigenvalue weighted by atomic mass is 9.64. The van der Waals surface area contributed by atoms with E-state index in [-0.39, 0.29) is 41.3 Å². The number of amides is 1. The number of benzene rings is 2. The van der Waals surface area contributed by atoms with Crippen molar-refractivity contribution < 1.29 is 17.9 Å². The number of carbonyl (C=O) groups excluding carboxylic acids is 1. The van der Waals surface area contributed by atoms with Gasteiger partial charge in [-0.15, -0.1) is 12.4 Å². The Morgan fingerprint density at radius 2 is 1.70 bits per heavy atom. The molecule has 1 amide bonds. The summed E-state index contributed by atoms with van der Waals surface area (Å²) in [5.74, 6) is 0.368. The Labute approximate surface area is 285 Å². The zero-order valence-electron chi connectivity index (χ0n) is 27.7. The number of rotatable bonds is 4. The maximum absolute atomic E-state index is 14.4. The van der Waals surface area contributed by atoms with Crippen LogP contribution in [0, 0.1) is 25.2 Å². The number of fused-ring (bicyclic) bond motifs is 6. The largest absolute Gasteiger partial charge is 0.471 e. The standard InChI is InChI=1S/C36H45N5O4S.ClH/c1-23(2)17-30-31-22-40(27-20-36(21-27)13-5-6-14-36)15-16-41(30)34(42)26-11-8-12-28(18-26)46(43,44)39-35-37-29(19-32(38-35)45-31)33-24(3)9-7-10-25(33)4;/h7-12,18-19,23,27,30-31H,5-6,13-17,20-22H2,1-4H3,(H,37,38,39);1H/t30-,31-;/m1./s1. The first-order valence-electron chi connectivity index (χ1n) is 16.8. The predicted octanol–water partition coefficient (Wildman–Crippen LogP) is 6.64. The molecule has 1 saturated heterocycles. The fraction of sp³-hybridized carbons (Fsp3) is 0.528. The number of sulfonamides is 1. The molecule has 1 aromatic heterocycles. The molecule has 1 spiro atoms. The highest BCUT2D eigenvalue weighted by Crippen LogP contribution is 2.54. The van der Waals surface area contributed by atoms with E-state index >= 15 is 0 Å². The second-order valence-corrected chi connectivity index (χ2v) is 16.1. The molecular formula is C36H46ClN5O4S. The van der Waals surface area contributed by atoms with Gasteiger partial charge >= 0.3 is 0 Å². The summed E-state index contributed by atoms with van der Waals surface area (Å²) in [6.45, 7) is 10.4. The van der Waals surface area contributed by atoms with E-state index < -0.39 is 10.0 Å². The third kappa shape index (κ3) is 6.61. The molecule has 6 bridgehead atoms. The number of aromatic nitrogens is 2. The Morgan fingerprint density at radius 1 is 1.00 bits per heavy atom. The third-order valence-electron chi connectivity index (χ3n) is 10.7. The van der Waals surface area contributed by atoms with Crippen LogP contribution in [0.15, 0.2) is 53.4 Å². The molecule has 11 heteroatoms. The molecule has 7 rings (SSSR count).